The minimum Gasteiger partial charge on any atom is -0.413 e. The van der Waals surface area contributed by atoms with Crippen molar-refractivity contribution in [1.29, 1.82) is 0 Å². The van der Waals surface area contributed by atoms with Gasteiger partial charge in [-0.05, 0) is 37.3 Å². The lowest BCUT2D eigenvalue weighted by Crippen LogP contribution is -2.31. The van der Waals surface area contributed by atoms with E-state index in [4.69, 9.17) is 4.43 Å². The lowest BCUT2D eigenvalue weighted by atomic mass is 9.90. The zero-order valence-electron chi connectivity index (χ0n) is 10.2. The second-order valence-electron chi connectivity index (χ2n) is 4.23. The van der Waals surface area contributed by atoms with E-state index < -0.39 is 11.6 Å². The van der Waals surface area contributed by atoms with E-state index in [0.717, 1.165) is 18.9 Å². The minimum atomic E-state index is -0.542. The molecule has 0 bridgehead atoms. The largest absolute Gasteiger partial charge is 0.413 e. The molecule has 3 radical (unpaired) electrons. The standard InChI is InChI=1S/C13H17F2OSi/c1-3-13(4-2,16-17)8-7-10-5-6-11(14)9-12(10)15/h5-6,9H,3-4,7-8H2,1-2H3. The van der Waals surface area contributed by atoms with Crippen LogP contribution in [0.4, 0.5) is 8.78 Å². The Balaban J connectivity index is 2.72. The molecule has 0 fully saturated rings. The van der Waals surface area contributed by atoms with Gasteiger partial charge in [-0.25, -0.2) is 8.78 Å². The highest BCUT2D eigenvalue weighted by molar-refractivity contribution is 5.98. The fourth-order valence-corrected chi connectivity index (χ4v) is 2.28. The average Bonchev–Trinajstić information content (AvgIpc) is 2.33. The fourth-order valence-electron chi connectivity index (χ4n) is 1.89. The van der Waals surface area contributed by atoms with Crippen LogP contribution in [0.2, 0.25) is 0 Å². The van der Waals surface area contributed by atoms with Gasteiger partial charge in [0, 0.05) is 6.07 Å². The number of halogens is 2. The summed E-state index contributed by atoms with van der Waals surface area (Å²) in [6.07, 6.45) is 2.93. The highest BCUT2D eigenvalue weighted by Gasteiger charge is 2.24. The first-order chi connectivity index (χ1) is 8.06. The maximum absolute atomic E-state index is 13.4. The van der Waals surface area contributed by atoms with Crippen molar-refractivity contribution in [3.63, 3.8) is 0 Å². The van der Waals surface area contributed by atoms with E-state index in [-0.39, 0.29) is 5.60 Å². The summed E-state index contributed by atoms with van der Waals surface area (Å²) in [4.78, 5) is 0. The Labute approximate surface area is 105 Å². The van der Waals surface area contributed by atoms with Gasteiger partial charge in [-0.2, -0.15) is 0 Å². The summed E-state index contributed by atoms with van der Waals surface area (Å²) in [6.45, 7) is 4.06. The van der Waals surface area contributed by atoms with E-state index in [1.807, 2.05) is 13.8 Å². The van der Waals surface area contributed by atoms with Crippen LogP contribution in [0.25, 0.3) is 0 Å². The SMILES string of the molecule is CCC(CC)(CCc1ccc(F)cc1F)O[Si]. The summed E-state index contributed by atoms with van der Waals surface area (Å²) in [5, 5.41) is 0. The average molecular weight is 255 g/mol. The van der Waals surface area contributed by atoms with Crippen molar-refractivity contribution in [1.82, 2.24) is 0 Å². The molecule has 0 N–H and O–H groups in total. The topological polar surface area (TPSA) is 9.23 Å². The first kappa shape index (κ1) is 14.3. The van der Waals surface area contributed by atoms with Crippen LogP contribution < -0.4 is 0 Å². The molecule has 0 unspecified atom stereocenters. The zero-order valence-corrected chi connectivity index (χ0v) is 11.2. The zero-order chi connectivity index (χ0) is 12.9. The molecule has 1 aromatic carbocycles. The maximum Gasteiger partial charge on any atom is 0.247 e. The second-order valence-corrected chi connectivity index (χ2v) is 4.43. The second kappa shape index (κ2) is 6.26. The van der Waals surface area contributed by atoms with Crippen LogP contribution in [-0.2, 0) is 10.8 Å². The van der Waals surface area contributed by atoms with Crippen molar-refractivity contribution in [3.8, 4) is 0 Å². The molecule has 0 saturated carbocycles. The van der Waals surface area contributed by atoms with Crippen LogP contribution >= 0.6 is 0 Å². The minimum absolute atomic E-state index is 0.280. The van der Waals surface area contributed by atoms with Crippen LogP contribution in [0.3, 0.4) is 0 Å². The lowest BCUT2D eigenvalue weighted by Gasteiger charge is -2.30. The Bertz CT molecular complexity index is 356. The molecule has 0 heterocycles. The van der Waals surface area contributed by atoms with Crippen molar-refractivity contribution < 1.29 is 13.2 Å². The van der Waals surface area contributed by atoms with E-state index in [9.17, 15) is 8.78 Å². The Morgan fingerprint density at radius 1 is 1.24 bits per heavy atom. The summed E-state index contributed by atoms with van der Waals surface area (Å²) in [5.41, 5.74) is 0.249. The summed E-state index contributed by atoms with van der Waals surface area (Å²) >= 11 is 0. The van der Waals surface area contributed by atoms with Crippen LogP contribution in [0.15, 0.2) is 18.2 Å². The molecule has 0 aliphatic rings. The fraction of sp³-hybridized carbons (Fsp3) is 0.538. The van der Waals surface area contributed by atoms with E-state index in [0.29, 0.717) is 18.4 Å². The van der Waals surface area contributed by atoms with Crippen LogP contribution in [0.1, 0.15) is 38.7 Å². The van der Waals surface area contributed by atoms with Crippen LogP contribution in [-0.4, -0.2) is 16.1 Å². The molecular formula is C13H17F2OSi. The molecule has 0 atom stereocenters. The van der Waals surface area contributed by atoms with Gasteiger partial charge in [0.2, 0.25) is 10.5 Å². The van der Waals surface area contributed by atoms with Crippen molar-refractivity contribution in [3.05, 3.63) is 35.4 Å². The quantitative estimate of drug-likeness (QED) is 0.706. The van der Waals surface area contributed by atoms with Gasteiger partial charge in [-0.3, -0.25) is 0 Å². The van der Waals surface area contributed by atoms with E-state index >= 15 is 0 Å². The number of hydrogen-bond acceptors (Lipinski definition) is 1. The molecule has 17 heavy (non-hydrogen) atoms. The van der Waals surface area contributed by atoms with Gasteiger partial charge in [0.25, 0.3) is 0 Å². The van der Waals surface area contributed by atoms with Crippen molar-refractivity contribution in [2.45, 2.75) is 45.1 Å². The molecule has 1 aromatic rings. The van der Waals surface area contributed by atoms with Crippen molar-refractivity contribution in [2.24, 2.45) is 0 Å². The molecule has 1 rings (SSSR count). The van der Waals surface area contributed by atoms with Crippen LogP contribution in [0.5, 0.6) is 0 Å². The monoisotopic (exact) mass is 255 g/mol. The van der Waals surface area contributed by atoms with E-state index in [2.05, 4.69) is 10.5 Å². The van der Waals surface area contributed by atoms with Gasteiger partial charge in [0.1, 0.15) is 11.6 Å². The lowest BCUT2D eigenvalue weighted by molar-refractivity contribution is 0.0614. The maximum atomic E-state index is 13.4. The predicted octanol–water partition coefficient (Wildman–Crippen LogP) is 3.56. The van der Waals surface area contributed by atoms with E-state index in [1.54, 1.807) is 0 Å². The smallest absolute Gasteiger partial charge is 0.247 e. The van der Waals surface area contributed by atoms with Gasteiger partial charge in [-0.1, -0.05) is 19.9 Å². The third-order valence-corrected chi connectivity index (χ3v) is 3.80. The number of rotatable bonds is 6. The van der Waals surface area contributed by atoms with Gasteiger partial charge in [-0.15, -0.1) is 0 Å². The highest BCUT2D eigenvalue weighted by Crippen LogP contribution is 2.26. The molecule has 0 amide bonds. The van der Waals surface area contributed by atoms with E-state index in [1.165, 1.54) is 12.1 Å². The van der Waals surface area contributed by atoms with Gasteiger partial charge in [0.05, 0.1) is 5.60 Å². The van der Waals surface area contributed by atoms with Crippen molar-refractivity contribution in [2.75, 3.05) is 0 Å². The molecule has 0 spiro atoms. The molecule has 0 saturated heterocycles. The summed E-state index contributed by atoms with van der Waals surface area (Å²) in [6, 6.07) is 3.70. The van der Waals surface area contributed by atoms with Crippen LogP contribution in [0, 0.1) is 11.6 Å². The summed E-state index contributed by atoms with van der Waals surface area (Å²) < 4.78 is 31.5. The predicted molar refractivity (Wildman–Crippen MR) is 64.8 cm³/mol. The number of benzene rings is 1. The molecule has 0 aliphatic heterocycles. The molecule has 0 aliphatic carbocycles. The summed E-state index contributed by atoms with van der Waals surface area (Å²) in [5.74, 6) is -1.03. The summed E-state index contributed by atoms with van der Waals surface area (Å²) in [7, 11) is 3.09. The first-order valence-electron chi connectivity index (χ1n) is 5.85. The Kier molecular flexibility index (Phi) is 5.27. The van der Waals surface area contributed by atoms with Gasteiger partial charge in [0.15, 0.2) is 0 Å². The highest BCUT2D eigenvalue weighted by atomic mass is 28.2. The Hall–Kier alpha value is -0.743. The molecule has 4 heteroatoms. The molecule has 1 nitrogen and oxygen atoms in total. The molecule has 93 valence electrons. The normalized spacial score (nSPS) is 11.8. The van der Waals surface area contributed by atoms with Crippen molar-refractivity contribution >= 4 is 10.5 Å². The third-order valence-electron chi connectivity index (χ3n) is 3.37. The Morgan fingerprint density at radius 2 is 1.88 bits per heavy atom. The number of aryl methyl sites for hydroxylation is 1. The van der Waals surface area contributed by atoms with Gasteiger partial charge >= 0.3 is 0 Å². The third kappa shape index (κ3) is 3.61. The number of hydrogen-bond donors (Lipinski definition) is 0. The molecular weight excluding hydrogens is 238 g/mol. The Morgan fingerprint density at radius 3 is 2.35 bits per heavy atom. The first-order valence-corrected chi connectivity index (χ1v) is 6.26. The van der Waals surface area contributed by atoms with Gasteiger partial charge < -0.3 is 4.43 Å². The molecule has 0 aromatic heterocycles.